The third kappa shape index (κ3) is 5.09. The zero-order valence-corrected chi connectivity index (χ0v) is 26.5. The van der Waals surface area contributed by atoms with E-state index in [9.17, 15) is 10.2 Å². The van der Waals surface area contributed by atoms with Crippen LogP contribution in [0, 0.1) is 0 Å². The van der Waals surface area contributed by atoms with E-state index in [-0.39, 0.29) is 19.5 Å². The number of para-hydroxylation sites is 2. The molecule has 194 valence electrons. The van der Waals surface area contributed by atoms with Crippen molar-refractivity contribution in [2.45, 2.75) is 0 Å². The number of aromatic nitrogens is 2. The molecule has 2 heterocycles. The number of phenols is 2. The van der Waals surface area contributed by atoms with Gasteiger partial charge in [-0.3, -0.25) is 0 Å². The number of fused-ring (bicyclic) bond motifs is 4. The van der Waals surface area contributed by atoms with Gasteiger partial charge in [-0.2, -0.15) is 0 Å². The summed E-state index contributed by atoms with van der Waals surface area (Å²) in [7, 11) is 0. The topological polar surface area (TPSA) is 66.2 Å². The van der Waals surface area contributed by atoms with Gasteiger partial charge < -0.3 is 10.2 Å². The predicted molar refractivity (Wildman–Crippen MR) is 168 cm³/mol. The third-order valence-corrected chi connectivity index (χ3v) is 8.99. The van der Waals surface area contributed by atoms with Crippen molar-refractivity contribution in [1.82, 2.24) is 9.97 Å². The van der Waals surface area contributed by atoms with Gasteiger partial charge in [0, 0.05) is 30.3 Å². The van der Waals surface area contributed by atoms with Gasteiger partial charge in [0.1, 0.15) is 21.5 Å². The van der Waals surface area contributed by atoms with E-state index in [2.05, 4.69) is 22.1 Å². The molecular weight excluding hydrogens is 598 g/mol. The molecule has 6 aromatic carbocycles. The Balaban J connectivity index is 0.000000144. The molecule has 0 aliphatic rings. The molecule has 0 unspecified atom stereocenters. The van der Waals surface area contributed by atoms with Crippen molar-refractivity contribution in [3.05, 3.63) is 121 Å². The van der Waals surface area contributed by atoms with E-state index >= 15 is 0 Å². The molecule has 0 bridgehead atoms. The molecule has 2 N–H and O–H groups in total. The van der Waals surface area contributed by atoms with E-state index in [1.54, 1.807) is 22.7 Å². The first-order chi connectivity index (χ1) is 19.7. The number of hydrogen-bond acceptors (Lipinski definition) is 6. The Morgan fingerprint density at radius 3 is 1.27 bits per heavy atom. The van der Waals surface area contributed by atoms with E-state index in [1.807, 2.05) is 109 Å². The maximum absolute atomic E-state index is 10.5. The number of rotatable bonds is 2. The van der Waals surface area contributed by atoms with Crippen molar-refractivity contribution in [2.24, 2.45) is 0 Å². The van der Waals surface area contributed by atoms with Crippen molar-refractivity contribution < 1.29 is 29.7 Å². The average Bonchev–Trinajstić information content (AvgIpc) is 3.63. The van der Waals surface area contributed by atoms with Crippen LogP contribution in [0.4, 0.5) is 0 Å². The fourth-order valence-electron chi connectivity index (χ4n) is 4.83. The third-order valence-electron chi connectivity index (χ3n) is 6.85. The molecule has 7 heteroatoms. The molecule has 0 atom stereocenters. The zero-order valence-electron chi connectivity index (χ0n) is 21.9. The van der Waals surface area contributed by atoms with Gasteiger partial charge in [-0.25, -0.2) is 9.97 Å². The first-order valence-electron chi connectivity index (χ1n) is 12.8. The predicted octanol–water partition coefficient (Wildman–Crippen LogP) is 9.64. The zero-order chi connectivity index (χ0) is 27.1. The summed E-state index contributed by atoms with van der Waals surface area (Å²) in [5.74, 6) is 0.615. The minimum atomic E-state index is 0. The van der Waals surface area contributed by atoms with E-state index in [0.717, 1.165) is 63.1 Å². The Hall–Kier alpha value is -4.16. The Morgan fingerprint density at radius 1 is 0.439 bits per heavy atom. The second kappa shape index (κ2) is 11.4. The van der Waals surface area contributed by atoms with Crippen molar-refractivity contribution in [3.8, 4) is 32.6 Å². The first kappa shape index (κ1) is 27.0. The molecule has 0 fully saturated rings. The Kier molecular flexibility index (Phi) is 7.50. The monoisotopic (exact) mass is 618 g/mol. The minimum absolute atomic E-state index is 0. The van der Waals surface area contributed by atoms with Crippen molar-refractivity contribution in [1.29, 1.82) is 0 Å². The molecule has 0 aliphatic carbocycles. The SMILES string of the molecule is Oc1c(-c2nc3ccccc3s2)ccc2ccccc12.Oc1c(-c2nc3ccccc3s2)ccc2ccccc12.[Zn]. The number of benzene rings is 6. The summed E-state index contributed by atoms with van der Waals surface area (Å²) in [5.41, 5.74) is 3.54. The second-order valence-electron chi connectivity index (χ2n) is 9.34. The van der Waals surface area contributed by atoms with E-state index in [1.165, 1.54) is 0 Å². The van der Waals surface area contributed by atoms with Crippen LogP contribution in [-0.4, -0.2) is 20.2 Å². The first-order valence-corrected chi connectivity index (χ1v) is 14.4. The van der Waals surface area contributed by atoms with Crippen LogP contribution in [0.5, 0.6) is 11.5 Å². The van der Waals surface area contributed by atoms with Crippen LogP contribution in [0.2, 0.25) is 0 Å². The van der Waals surface area contributed by atoms with Crippen LogP contribution in [0.1, 0.15) is 0 Å². The summed E-state index contributed by atoms with van der Waals surface area (Å²) in [6.07, 6.45) is 0. The fraction of sp³-hybridized carbons (Fsp3) is 0. The van der Waals surface area contributed by atoms with Crippen LogP contribution in [0.25, 0.3) is 63.1 Å². The molecule has 0 spiro atoms. The molecule has 0 saturated carbocycles. The summed E-state index contributed by atoms with van der Waals surface area (Å²) in [4.78, 5) is 9.22. The molecule has 0 radical (unpaired) electrons. The fourth-order valence-corrected chi connectivity index (χ4v) is 6.81. The van der Waals surface area contributed by atoms with E-state index in [4.69, 9.17) is 0 Å². The van der Waals surface area contributed by atoms with Gasteiger partial charge in [0.2, 0.25) is 0 Å². The van der Waals surface area contributed by atoms with Gasteiger partial charge in [0.15, 0.2) is 0 Å². The molecule has 41 heavy (non-hydrogen) atoms. The number of nitrogens with zero attached hydrogens (tertiary/aromatic N) is 2. The number of hydrogen-bond donors (Lipinski definition) is 2. The van der Waals surface area contributed by atoms with E-state index < -0.39 is 0 Å². The molecule has 0 saturated heterocycles. The number of phenolic OH excluding ortho intramolecular Hbond substituents is 2. The smallest absolute Gasteiger partial charge is 0.133 e. The second-order valence-corrected chi connectivity index (χ2v) is 11.4. The Labute approximate surface area is 257 Å². The molecule has 0 aliphatic heterocycles. The minimum Gasteiger partial charge on any atom is -0.507 e. The Bertz CT molecular complexity index is 1950. The summed E-state index contributed by atoms with van der Waals surface area (Å²) >= 11 is 3.20. The normalized spacial score (nSPS) is 10.9. The van der Waals surface area contributed by atoms with E-state index in [0.29, 0.717) is 11.5 Å². The largest absolute Gasteiger partial charge is 0.507 e. The standard InChI is InChI=1S/2C17H11NOS.Zn/c2*19-16-12-6-2-1-5-11(12)9-10-13(16)17-18-14-7-3-4-8-15(14)20-17;/h2*1-10,19H;. The Morgan fingerprint density at radius 2 is 0.829 bits per heavy atom. The maximum atomic E-state index is 10.5. The van der Waals surface area contributed by atoms with Gasteiger partial charge in [-0.15, -0.1) is 22.7 Å². The number of thiazole rings is 2. The van der Waals surface area contributed by atoms with Crippen LogP contribution in [-0.2, 0) is 19.5 Å². The number of aromatic hydroxyl groups is 2. The van der Waals surface area contributed by atoms with Crippen molar-refractivity contribution in [2.75, 3.05) is 0 Å². The van der Waals surface area contributed by atoms with Crippen molar-refractivity contribution >= 4 is 64.7 Å². The van der Waals surface area contributed by atoms with Gasteiger partial charge in [-0.05, 0) is 47.2 Å². The maximum Gasteiger partial charge on any atom is 0.133 e. The molecule has 8 rings (SSSR count). The molecule has 8 aromatic rings. The summed E-state index contributed by atoms with van der Waals surface area (Å²) < 4.78 is 2.27. The van der Waals surface area contributed by atoms with Gasteiger partial charge >= 0.3 is 0 Å². The van der Waals surface area contributed by atoms with Crippen molar-refractivity contribution in [3.63, 3.8) is 0 Å². The van der Waals surface area contributed by atoms with Gasteiger partial charge in [0.25, 0.3) is 0 Å². The van der Waals surface area contributed by atoms with Crippen LogP contribution < -0.4 is 0 Å². The van der Waals surface area contributed by atoms with Crippen LogP contribution >= 0.6 is 22.7 Å². The molecule has 2 aromatic heterocycles. The summed E-state index contributed by atoms with van der Waals surface area (Å²) in [5, 5.41) is 26.5. The molecular formula is C34H22N2O2S2Zn. The molecule has 0 amide bonds. The summed E-state index contributed by atoms with van der Waals surface area (Å²) in [6.45, 7) is 0. The van der Waals surface area contributed by atoms with Gasteiger partial charge in [0.05, 0.1) is 31.6 Å². The average molecular weight is 620 g/mol. The van der Waals surface area contributed by atoms with Gasteiger partial charge in [-0.1, -0.05) is 84.9 Å². The van der Waals surface area contributed by atoms with Crippen LogP contribution in [0.15, 0.2) is 121 Å². The molecule has 4 nitrogen and oxygen atoms in total. The quantitative estimate of drug-likeness (QED) is 0.189. The van der Waals surface area contributed by atoms with Crippen LogP contribution in [0.3, 0.4) is 0 Å². The summed E-state index contributed by atoms with van der Waals surface area (Å²) in [6, 6.07) is 39.7.